The number of rotatable bonds is 6. The minimum absolute atomic E-state index is 0.140. The maximum absolute atomic E-state index is 10.2. The van der Waals surface area contributed by atoms with Crippen molar-refractivity contribution in [3.05, 3.63) is 45.2 Å². The van der Waals surface area contributed by atoms with Crippen molar-refractivity contribution in [1.29, 1.82) is 5.26 Å². The molecule has 0 radical (unpaired) electrons. The fourth-order valence-electron chi connectivity index (χ4n) is 4.65. The smallest absolute Gasteiger partial charge is 0.224 e. The summed E-state index contributed by atoms with van der Waals surface area (Å²) in [5.41, 5.74) is 3.30. The molecule has 2 atom stereocenters. The first-order chi connectivity index (χ1) is 15.7. The third-order valence-corrected chi connectivity index (χ3v) is 7.02. The fraction of sp³-hybridized carbons (Fsp3) is 0.458. The Morgan fingerprint density at radius 1 is 1.30 bits per heavy atom. The molecule has 7 nitrogen and oxygen atoms in total. The number of hydrogen-bond acceptors (Lipinski definition) is 6. The second kappa shape index (κ2) is 9.38. The van der Waals surface area contributed by atoms with E-state index in [9.17, 15) is 10.4 Å². The molecule has 3 aromatic rings. The SMILES string of the molecule is Cc1[nH]c2cc(Cl)cc(Cl)c2c1CCNc1ncc(C#N)c(N[C@@H]2CC[C@H](O)C(C)(C)C2)n1. The van der Waals surface area contributed by atoms with Crippen LogP contribution in [0, 0.1) is 23.7 Å². The molecule has 4 N–H and O–H groups in total. The van der Waals surface area contributed by atoms with E-state index in [1.54, 1.807) is 6.07 Å². The predicted molar refractivity (Wildman–Crippen MR) is 133 cm³/mol. The van der Waals surface area contributed by atoms with E-state index in [1.807, 2.05) is 13.0 Å². The Morgan fingerprint density at radius 2 is 2.09 bits per heavy atom. The first-order valence-corrected chi connectivity index (χ1v) is 11.9. The highest BCUT2D eigenvalue weighted by Crippen LogP contribution is 2.37. The number of aromatic amines is 1. The van der Waals surface area contributed by atoms with Gasteiger partial charge in [-0.25, -0.2) is 4.98 Å². The Bertz CT molecular complexity index is 1220. The van der Waals surface area contributed by atoms with E-state index in [1.165, 1.54) is 6.20 Å². The van der Waals surface area contributed by atoms with Crippen LogP contribution in [0.15, 0.2) is 18.3 Å². The van der Waals surface area contributed by atoms with E-state index >= 15 is 0 Å². The molecule has 9 heteroatoms. The Hall–Kier alpha value is -2.53. The van der Waals surface area contributed by atoms with Crippen LogP contribution in [0.5, 0.6) is 0 Å². The maximum Gasteiger partial charge on any atom is 0.224 e. The van der Waals surface area contributed by atoms with Gasteiger partial charge in [-0.3, -0.25) is 0 Å². The minimum atomic E-state index is -0.314. The van der Waals surface area contributed by atoms with Crippen molar-refractivity contribution in [2.75, 3.05) is 17.2 Å². The largest absolute Gasteiger partial charge is 0.393 e. The van der Waals surface area contributed by atoms with Crippen molar-refractivity contribution in [2.45, 2.75) is 58.6 Å². The molecule has 2 aromatic heterocycles. The molecular formula is C24H28Cl2N6O. The topological polar surface area (TPSA) is 110 Å². The molecule has 174 valence electrons. The zero-order valence-electron chi connectivity index (χ0n) is 19.0. The standard InChI is InChI=1S/C24H28Cl2N6O/c1-13-17(21-18(26)8-15(25)9-19(21)30-13)6-7-28-23-29-12-14(11-27)22(32-23)31-16-4-5-20(33)24(2,3)10-16/h8-9,12,16,20,30,33H,4-7,10H2,1-3H3,(H2,28,29,31,32)/t16-,20+/m1/s1. The number of aromatic nitrogens is 3. The lowest BCUT2D eigenvalue weighted by Crippen LogP contribution is -2.41. The molecule has 1 fully saturated rings. The van der Waals surface area contributed by atoms with Crippen molar-refractivity contribution >= 4 is 45.9 Å². The van der Waals surface area contributed by atoms with Gasteiger partial charge < -0.3 is 20.7 Å². The number of halogens is 2. The van der Waals surface area contributed by atoms with E-state index in [-0.39, 0.29) is 17.6 Å². The molecule has 1 aliphatic carbocycles. The van der Waals surface area contributed by atoms with Crippen LogP contribution in [-0.2, 0) is 6.42 Å². The van der Waals surface area contributed by atoms with Crippen LogP contribution in [0.2, 0.25) is 10.0 Å². The normalized spacial score (nSPS) is 19.9. The van der Waals surface area contributed by atoms with Crippen LogP contribution < -0.4 is 10.6 Å². The summed E-state index contributed by atoms with van der Waals surface area (Å²) in [7, 11) is 0. The van der Waals surface area contributed by atoms with Crippen LogP contribution in [0.4, 0.5) is 11.8 Å². The molecule has 0 spiro atoms. The molecule has 33 heavy (non-hydrogen) atoms. The summed E-state index contributed by atoms with van der Waals surface area (Å²) < 4.78 is 0. The van der Waals surface area contributed by atoms with Crippen LogP contribution in [0.25, 0.3) is 10.9 Å². The lowest BCUT2D eigenvalue weighted by atomic mass is 9.73. The van der Waals surface area contributed by atoms with Crippen molar-refractivity contribution in [3.8, 4) is 6.07 Å². The van der Waals surface area contributed by atoms with Gasteiger partial charge in [0.15, 0.2) is 0 Å². The number of aliphatic hydroxyl groups is 1. The van der Waals surface area contributed by atoms with E-state index in [4.69, 9.17) is 23.2 Å². The summed E-state index contributed by atoms with van der Waals surface area (Å²) in [4.78, 5) is 12.2. The number of nitrogens with one attached hydrogen (secondary N) is 3. The molecule has 0 unspecified atom stereocenters. The Morgan fingerprint density at radius 3 is 2.82 bits per heavy atom. The van der Waals surface area contributed by atoms with Gasteiger partial charge in [0.05, 0.1) is 17.3 Å². The van der Waals surface area contributed by atoms with Gasteiger partial charge in [0.1, 0.15) is 17.5 Å². The maximum atomic E-state index is 10.2. The summed E-state index contributed by atoms with van der Waals surface area (Å²) in [6.45, 7) is 6.75. The number of nitriles is 1. The predicted octanol–water partition coefficient (Wildman–Crippen LogP) is 5.45. The Balaban J connectivity index is 1.46. The average molecular weight is 487 g/mol. The van der Waals surface area contributed by atoms with E-state index < -0.39 is 0 Å². The van der Waals surface area contributed by atoms with E-state index in [0.717, 1.165) is 41.4 Å². The summed E-state index contributed by atoms with van der Waals surface area (Å²) >= 11 is 12.6. The van der Waals surface area contributed by atoms with Crippen molar-refractivity contribution in [3.63, 3.8) is 0 Å². The van der Waals surface area contributed by atoms with Gasteiger partial charge >= 0.3 is 0 Å². The monoisotopic (exact) mass is 486 g/mol. The van der Waals surface area contributed by atoms with Crippen LogP contribution in [-0.4, -0.2) is 38.7 Å². The molecule has 1 aromatic carbocycles. The first-order valence-electron chi connectivity index (χ1n) is 11.1. The number of benzene rings is 1. The second-order valence-corrected chi connectivity index (χ2v) is 10.3. The summed E-state index contributed by atoms with van der Waals surface area (Å²) in [6, 6.07) is 5.93. The Kier molecular flexibility index (Phi) is 6.71. The van der Waals surface area contributed by atoms with Gasteiger partial charge in [-0.1, -0.05) is 37.0 Å². The van der Waals surface area contributed by atoms with Crippen LogP contribution in [0.1, 0.15) is 49.9 Å². The van der Waals surface area contributed by atoms with Crippen molar-refractivity contribution in [2.24, 2.45) is 5.41 Å². The molecule has 0 amide bonds. The third kappa shape index (κ3) is 5.03. The van der Waals surface area contributed by atoms with Gasteiger partial charge in [0.2, 0.25) is 5.95 Å². The van der Waals surface area contributed by atoms with Crippen LogP contribution >= 0.6 is 23.2 Å². The number of anilines is 2. The molecule has 0 bridgehead atoms. The van der Waals surface area contributed by atoms with Gasteiger partial charge in [0.25, 0.3) is 0 Å². The number of H-pyrrole nitrogens is 1. The minimum Gasteiger partial charge on any atom is -0.393 e. The zero-order chi connectivity index (χ0) is 23.8. The third-order valence-electron chi connectivity index (χ3n) is 6.50. The molecule has 2 heterocycles. The van der Waals surface area contributed by atoms with E-state index in [2.05, 4.69) is 45.5 Å². The quantitative estimate of drug-likeness (QED) is 0.368. The zero-order valence-corrected chi connectivity index (χ0v) is 20.5. The van der Waals surface area contributed by atoms with Crippen molar-refractivity contribution in [1.82, 2.24) is 15.0 Å². The van der Waals surface area contributed by atoms with Gasteiger partial charge in [-0.2, -0.15) is 10.2 Å². The molecule has 0 aliphatic heterocycles. The number of fused-ring (bicyclic) bond motifs is 1. The number of hydrogen-bond donors (Lipinski definition) is 4. The number of nitrogens with zero attached hydrogens (tertiary/aromatic N) is 3. The van der Waals surface area contributed by atoms with Gasteiger partial charge in [-0.15, -0.1) is 0 Å². The van der Waals surface area contributed by atoms with Gasteiger partial charge in [0, 0.05) is 34.2 Å². The van der Waals surface area contributed by atoms with Crippen molar-refractivity contribution < 1.29 is 5.11 Å². The highest BCUT2D eigenvalue weighted by molar-refractivity contribution is 6.38. The highest BCUT2D eigenvalue weighted by Gasteiger charge is 2.35. The summed E-state index contributed by atoms with van der Waals surface area (Å²) in [5, 5.41) is 28.6. The number of aryl methyl sites for hydroxylation is 1. The fourth-order valence-corrected chi connectivity index (χ4v) is 5.26. The second-order valence-electron chi connectivity index (χ2n) is 9.41. The van der Waals surface area contributed by atoms with E-state index in [0.29, 0.717) is 40.3 Å². The molecule has 0 saturated heterocycles. The first kappa shape index (κ1) is 23.6. The van der Waals surface area contributed by atoms with Crippen LogP contribution in [0.3, 0.4) is 0 Å². The highest BCUT2D eigenvalue weighted by atomic mass is 35.5. The molecule has 4 rings (SSSR count). The Labute approximate surface area is 203 Å². The summed E-state index contributed by atoms with van der Waals surface area (Å²) in [5.74, 6) is 0.978. The lowest BCUT2D eigenvalue weighted by Gasteiger charge is -2.40. The number of aliphatic hydroxyl groups excluding tert-OH is 1. The molecule has 1 aliphatic rings. The van der Waals surface area contributed by atoms with Gasteiger partial charge in [-0.05, 0) is 55.7 Å². The summed E-state index contributed by atoms with van der Waals surface area (Å²) in [6.07, 6.45) is 4.29. The average Bonchev–Trinajstić information content (AvgIpc) is 3.06. The molecule has 1 saturated carbocycles. The lowest BCUT2D eigenvalue weighted by molar-refractivity contribution is 0.00926. The molecular weight excluding hydrogens is 459 g/mol.